The highest BCUT2D eigenvalue weighted by Crippen LogP contribution is 2.31. The number of hydrogen-bond acceptors (Lipinski definition) is 5. The Labute approximate surface area is 185 Å². The van der Waals surface area contributed by atoms with Crippen LogP contribution < -0.4 is 5.32 Å². The van der Waals surface area contributed by atoms with Crippen molar-refractivity contribution in [3.05, 3.63) is 84.2 Å². The summed E-state index contributed by atoms with van der Waals surface area (Å²) in [5.41, 5.74) is 4.83. The Morgan fingerprint density at radius 2 is 1.61 bits per heavy atom. The first kappa shape index (κ1) is 20.8. The second kappa shape index (κ2) is 9.14. The summed E-state index contributed by atoms with van der Waals surface area (Å²) in [6, 6.07) is 19.6. The van der Waals surface area contributed by atoms with Crippen LogP contribution in [0.1, 0.15) is 18.1 Å². The lowest BCUT2D eigenvalue weighted by molar-refractivity contribution is -0.115. The minimum Gasteiger partial charge on any atom is -0.325 e. The molecule has 2 aromatic carbocycles. The van der Waals surface area contributed by atoms with E-state index in [1.807, 2.05) is 73.0 Å². The summed E-state index contributed by atoms with van der Waals surface area (Å²) < 4.78 is 2.01. The summed E-state index contributed by atoms with van der Waals surface area (Å²) in [7, 11) is 0. The van der Waals surface area contributed by atoms with Gasteiger partial charge in [0.2, 0.25) is 5.91 Å². The summed E-state index contributed by atoms with van der Waals surface area (Å²) in [6.45, 7) is 5.90. The van der Waals surface area contributed by atoms with Crippen molar-refractivity contribution in [1.29, 1.82) is 0 Å². The van der Waals surface area contributed by atoms with E-state index < -0.39 is 0 Å². The van der Waals surface area contributed by atoms with Crippen molar-refractivity contribution in [2.24, 2.45) is 0 Å². The molecule has 1 atom stereocenters. The Bertz CT molecular complexity index is 1210. The molecule has 0 aliphatic heterocycles. The molecular formula is C24H23N5OS. The molecule has 0 saturated carbocycles. The molecule has 31 heavy (non-hydrogen) atoms. The number of nitrogens with zero attached hydrogens (tertiary/aromatic N) is 4. The van der Waals surface area contributed by atoms with Crippen LogP contribution in [-0.2, 0) is 4.79 Å². The average Bonchev–Trinajstić information content (AvgIpc) is 3.19. The Hall–Kier alpha value is -3.45. The van der Waals surface area contributed by atoms with Gasteiger partial charge in [-0.05, 0) is 56.2 Å². The van der Waals surface area contributed by atoms with Gasteiger partial charge in [-0.25, -0.2) is 0 Å². The van der Waals surface area contributed by atoms with Crippen molar-refractivity contribution in [2.45, 2.75) is 31.2 Å². The number of amides is 1. The first-order chi connectivity index (χ1) is 15.0. The molecule has 0 saturated heterocycles. The number of para-hydroxylation sites is 2. The standard InChI is InChI=1S/C24H23N5OS/c1-16-8-4-6-10-20(16)26-23(30)18(3)31-24-28-27-22(19-12-14-25-15-13-19)29(24)21-11-7-5-9-17(21)2/h4-15,18H,1-3H3,(H,26,30)/t18-/m0/s1. The first-order valence-corrected chi connectivity index (χ1v) is 10.9. The number of aryl methyl sites for hydroxylation is 2. The van der Waals surface area contributed by atoms with E-state index >= 15 is 0 Å². The molecule has 0 unspecified atom stereocenters. The molecule has 0 aliphatic rings. The molecule has 1 amide bonds. The number of rotatable bonds is 6. The van der Waals surface area contributed by atoms with Crippen molar-refractivity contribution in [2.75, 3.05) is 5.32 Å². The summed E-state index contributed by atoms with van der Waals surface area (Å²) in [4.78, 5) is 17.0. The van der Waals surface area contributed by atoms with E-state index in [9.17, 15) is 4.79 Å². The molecule has 6 nitrogen and oxygen atoms in total. The molecule has 156 valence electrons. The predicted molar refractivity (Wildman–Crippen MR) is 124 cm³/mol. The molecule has 7 heteroatoms. The third-order valence-electron chi connectivity index (χ3n) is 4.98. The van der Waals surface area contributed by atoms with Gasteiger partial charge in [-0.2, -0.15) is 0 Å². The fourth-order valence-electron chi connectivity index (χ4n) is 3.22. The van der Waals surface area contributed by atoms with Crippen LogP contribution in [0.2, 0.25) is 0 Å². The molecule has 4 aromatic rings. The monoisotopic (exact) mass is 429 g/mol. The van der Waals surface area contributed by atoms with Crippen LogP contribution in [0.15, 0.2) is 78.2 Å². The number of aromatic nitrogens is 4. The van der Waals surface area contributed by atoms with Gasteiger partial charge in [-0.15, -0.1) is 10.2 Å². The number of benzene rings is 2. The number of pyridine rings is 1. The van der Waals surface area contributed by atoms with Crippen molar-refractivity contribution in [3.8, 4) is 17.1 Å². The molecular weight excluding hydrogens is 406 g/mol. The molecule has 1 N–H and O–H groups in total. The highest BCUT2D eigenvalue weighted by Gasteiger charge is 2.22. The van der Waals surface area contributed by atoms with E-state index in [1.54, 1.807) is 12.4 Å². The lowest BCUT2D eigenvalue weighted by Crippen LogP contribution is -2.23. The van der Waals surface area contributed by atoms with E-state index in [0.717, 1.165) is 28.1 Å². The SMILES string of the molecule is Cc1ccccc1NC(=O)[C@H](C)Sc1nnc(-c2ccncc2)n1-c1ccccc1C. The third-order valence-corrected chi connectivity index (χ3v) is 6.03. The van der Waals surface area contributed by atoms with Gasteiger partial charge in [0.25, 0.3) is 0 Å². The fraction of sp³-hybridized carbons (Fsp3) is 0.167. The van der Waals surface area contributed by atoms with Crippen LogP contribution >= 0.6 is 11.8 Å². The van der Waals surface area contributed by atoms with Crippen LogP contribution in [0, 0.1) is 13.8 Å². The second-order valence-electron chi connectivity index (χ2n) is 7.23. The van der Waals surface area contributed by atoms with Gasteiger partial charge in [0, 0.05) is 23.6 Å². The Kier molecular flexibility index (Phi) is 6.13. The zero-order chi connectivity index (χ0) is 21.8. The van der Waals surface area contributed by atoms with Crippen molar-refractivity contribution < 1.29 is 4.79 Å². The highest BCUT2D eigenvalue weighted by atomic mass is 32.2. The molecule has 4 rings (SSSR count). The fourth-order valence-corrected chi connectivity index (χ4v) is 4.09. The van der Waals surface area contributed by atoms with E-state index in [2.05, 4.69) is 33.5 Å². The van der Waals surface area contributed by atoms with E-state index in [-0.39, 0.29) is 11.2 Å². The van der Waals surface area contributed by atoms with Crippen LogP contribution in [0.5, 0.6) is 0 Å². The van der Waals surface area contributed by atoms with Gasteiger partial charge in [-0.1, -0.05) is 48.2 Å². The lowest BCUT2D eigenvalue weighted by Gasteiger charge is -2.16. The van der Waals surface area contributed by atoms with E-state index in [1.165, 1.54) is 11.8 Å². The number of hydrogen-bond donors (Lipinski definition) is 1. The maximum atomic E-state index is 12.9. The topological polar surface area (TPSA) is 72.7 Å². The largest absolute Gasteiger partial charge is 0.325 e. The van der Waals surface area contributed by atoms with Gasteiger partial charge >= 0.3 is 0 Å². The molecule has 2 heterocycles. The molecule has 2 aromatic heterocycles. The highest BCUT2D eigenvalue weighted by molar-refractivity contribution is 8.00. The van der Waals surface area contributed by atoms with Crippen molar-refractivity contribution in [3.63, 3.8) is 0 Å². The van der Waals surface area contributed by atoms with Gasteiger partial charge < -0.3 is 5.32 Å². The van der Waals surface area contributed by atoms with Crippen molar-refractivity contribution in [1.82, 2.24) is 19.7 Å². The quantitative estimate of drug-likeness (QED) is 0.434. The zero-order valence-corrected chi connectivity index (χ0v) is 18.4. The number of carbonyl (C=O) groups excluding carboxylic acids is 1. The summed E-state index contributed by atoms with van der Waals surface area (Å²) in [5.74, 6) is 0.634. The first-order valence-electron chi connectivity index (χ1n) is 9.99. The van der Waals surface area contributed by atoms with Crippen LogP contribution in [0.3, 0.4) is 0 Å². The van der Waals surface area contributed by atoms with E-state index in [0.29, 0.717) is 11.0 Å². The minimum absolute atomic E-state index is 0.0795. The molecule has 0 aliphatic carbocycles. The maximum absolute atomic E-state index is 12.9. The summed E-state index contributed by atoms with van der Waals surface area (Å²) in [5, 5.41) is 12.2. The number of carbonyl (C=O) groups is 1. The predicted octanol–water partition coefficient (Wildman–Crippen LogP) is 5.07. The summed E-state index contributed by atoms with van der Waals surface area (Å²) in [6.07, 6.45) is 3.47. The zero-order valence-electron chi connectivity index (χ0n) is 17.6. The third kappa shape index (κ3) is 4.51. The maximum Gasteiger partial charge on any atom is 0.237 e. The van der Waals surface area contributed by atoms with Crippen LogP contribution in [-0.4, -0.2) is 30.9 Å². The molecule has 0 spiro atoms. The molecule has 0 bridgehead atoms. The van der Waals surface area contributed by atoms with Crippen LogP contribution in [0.25, 0.3) is 17.1 Å². The minimum atomic E-state index is -0.364. The molecule has 0 fully saturated rings. The number of nitrogens with one attached hydrogen (secondary N) is 1. The second-order valence-corrected chi connectivity index (χ2v) is 8.54. The van der Waals surface area contributed by atoms with Gasteiger partial charge in [0.1, 0.15) is 0 Å². The van der Waals surface area contributed by atoms with Crippen LogP contribution in [0.4, 0.5) is 5.69 Å². The van der Waals surface area contributed by atoms with Gasteiger partial charge in [0.15, 0.2) is 11.0 Å². The van der Waals surface area contributed by atoms with Gasteiger partial charge in [0.05, 0.1) is 10.9 Å². The lowest BCUT2D eigenvalue weighted by atomic mass is 10.2. The Morgan fingerprint density at radius 3 is 2.32 bits per heavy atom. The number of anilines is 1. The Morgan fingerprint density at radius 1 is 0.935 bits per heavy atom. The Balaban J connectivity index is 1.67. The van der Waals surface area contributed by atoms with Crippen molar-refractivity contribution >= 4 is 23.4 Å². The van der Waals surface area contributed by atoms with Gasteiger partial charge in [-0.3, -0.25) is 14.3 Å². The van der Waals surface area contributed by atoms with E-state index in [4.69, 9.17) is 0 Å². The molecule has 0 radical (unpaired) electrons. The number of thioether (sulfide) groups is 1. The average molecular weight is 430 g/mol. The summed E-state index contributed by atoms with van der Waals surface area (Å²) >= 11 is 1.38. The smallest absolute Gasteiger partial charge is 0.237 e. The normalized spacial score (nSPS) is 11.8.